The number of benzene rings is 1. The van der Waals surface area contributed by atoms with Crippen LogP contribution in [0.4, 0.5) is 0 Å². The van der Waals surface area contributed by atoms with Gasteiger partial charge >= 0.3 is 0 Å². The quantitative estimate of drug-likeness (QED) is 0.314. The van der Waals surface area contributed by atoms with Crippen LogP contribution in [0, 0.1) is 0 Å². The Morgan fingerprint density at radius 1 is 0.548 bits per heavy atom. The Kier molecular flexibility index (Phi) is 3.86. The van der Waals surface area contributed by atoms with Crippen molar-refractivity contribution < 1.29 is 5.11 Å². The zero-order valence-electron chi connectivity index (χ0n) is 16.5. The predicted molar refractivity (Wildman–Crippen MR) is 126 cm³/mol. The maximum Gasteiger partial charge on any atom is 0.123 e. The molecule has 6 rings (SSSR count). The lowest BCUT2D eigenvalue weighted by molar-refractivity contribution is 0.477. The molecular weight excluding hydrogens is 384 g/mol. The van der Waals surface area contributed by atoms with Crippen molar-refractivity contribution in [3.05, 3.63) is 89.5 Å². The second kappa shape index (κ2) is 6.85. The summed E-state index contributed by atoms with van der Waals surface area (Å²) in [6.45, 7) is 0. The molecule has 5 heterocycles. The van der Waals surface area contributed by atoms with Crippen LogP contribution in [-0.2, 0) is 0 Å². The number of hydrogen-bond donors (Lipinski definition) is 3. The van der Waals surface area contributed by atoms with Crippen LogP contribution >= 0.6 is 0 Å². The Bertz CT molecular complexity index is 1550. The third-order valence-electron chi connectivity index (χ3n) is 5.36. The van der Waals surface area contributed by atoms with E-state index in [-0.39, 0.29) is 5.75 Å². The van der Waals surface area contributed by atoms with E-state index in [1.165, 1.54) is 0 Å². The molecule has 0 fully saturated rings. The first-order chi connectivity index (χ1) is 15.2. The Morgan fingerprint density at radius 2 is 1.19 bits per heavy atom. The summed E-state index contributed by atoms with van der Waals surface area (Å²) in [4.78, 5) is 16.3. The van der Waals surface area contributed by atoms with Gasteiger partial charge in [-0.15, -0.1) is 0 Å². The van der Waals surface area contributed by atoms with Gasteiger partial charge in [-0.05, 0) is 72.8 Å². The minimum Gasteiger partial charge on any atom is -0.507 e. The molecule has 2 aliphatic heterocycles. The molecule has 0 saturated carbocycles. The van der Waals surface area contributed by atoms with Gasteiger partial charge in [-0.25, -0.2) is 9.97 Å². The lowest BCUT2D eigenvalue weighted by atomic mass is 10.1. The van der Waals surface area contributed by atoms with Crippen molar-refractivity contribution in [3.63, 3.8) is 0 Å². The predicted octanol–water partition coefficient (Wildman–Crippen LogP) is 6.03. The molecule has 5 heteroatoms. The Balaban J connectivity index is 1.69. The fourth-order valence-electron chi connectivity index (χ4n) is 3.94. The van der Waals surface area contributed by atoms with Gasteiger partial charge in [-0.2, -0.15) is 0 Å². The number of aromatic amines is 2. The first-order valence-corrected chi connectivity index (χ1v) is 10.1. The summed E-state index contributed by atoms with van der Waals surface area (Å²) in [5, 5.41) is 10.4. The van der Waals surface area contributed by atoms with Gasteiger partial charge in [0.2, 0.25) is 0 Å². The second-order valence-corrected chi connectivity index (χ2v) is 7.61. The molecule has 0 amide bonds. The molecule has 3 N–H and O–H groups in total. The van der Waals surface area contributed by atoms with Crippen LogP contribution < -0.4 is 0 Å². The van der Waals surface area contributed by atoms with Gasteiger partial charge in [-0.1, -0.05) is 18.2 Å². The molecule has 0 unspecified atom stereocenters. The van der Waals surface area contributed by atoms with Crippen LogP contribution in [0.1, 0.15) is 22.8 Å². The van der Waals surface area contributed by atoms with E-state index in [1.54, 1.807) is 6.07 Å². The smallest absolute Gasteiger partial charge is 0.123 e. The SMILES string of the molecule is Oc1ccccc1-c1cc2cc3ccc(cc4nc(cc5nc(cc1[nH]2)C=C5)C=C4)[nH]3. The van der Waals surface area contributed by atoms with E-state index in [2.05, 4.69) is 15.0 Å². The number of rotatable bonds is 1. The van der Waals surface area contributed by atoms with Crippen LogP contribution in [0.15, 0.2) is 66.7 Å². The Morgan fingerprint density at radius 3 is 1.94 bits per heavy atom. The van der Waals surface area contributed by atoms with Crippen molar-refractivity contribution in [2.45, 2.75) is 0 Å². The Hall–Kier alpha value is -4.38. The Labute approximate surface area is 178 Å². The van der Waals surface area contributed by atoms with E-state index < -0.39 is 0 Å². The standard InChI is InChI=1S/C26H18N4O/c31-26-4-2-1-3-23(26)24-14-22-13-20-8-7-18(28-20)11-16-5-6-17(27-16)12-19-9-10-21(29-19)15-25(24)30-22/h1-15,28,30-31H. The molecule has 2 aliphatic rings. The van der Waals surface area contributed by atoms with Crippen LogP contribution in [0.2, 0.25) is 0 Å². The molecule has 0 atom stereocenters. The van der Waals surface area contributed by atoms with Crippen molar-refractivity contribution in [2.24, 2.45) is 0 Å². The van der Waals surface area contributed by atoms with Crippen LogP contribution in [0.25, 0.3) is 57.5 Å². The maximum atomic E-state index is 10.4. The minimum atomic E-state index is 0.243. The average molecular weight is 402 g/mol. The molecule has 0 spiro atoms. The third kappa shape index (κ3) is 3.32. The highest BCUT2D eigenvalue weighted by Crippen LogP contribution is 2.33. The number of para-hydroxylation sites is 1. The van der Waals surface area contributed by atoms with Gasteiger partial charge in [0, 0.05) is 33.2 Å². The molecule has 0 aliphatic carbocycles. The first kappa shape index (κ1) is 17.5. The van der Waals surface area contributed by atoms with E-state index in [0.717, 1.165) is 56.0 Å². The molecule has 0 saturated heterocycles. The van der Waals surface area contributed by atoms with Gasteiger partial charge in [-0.3, -0.25) is 0 Å². The van der Waals surface area contributed by atoms with E-state index in [9.17, 15) is 5.11 Å². The molecule has 8 bridgehead atoms. The van der Waals surface area contributed by atoms with Crippen molar-refractivity contribution in [1.29, 1.82) is 0 Å². The number of nitrogens with one attached hydrogen (secondary N) is 2. The number of phenolic OH excluding ortho intramolecular Hbond substituents is 1. The van der Waals surface area contributed by atoms with Gasteiger partial charge < -0.3 is 15.1 Å². The number of H-pyrrole nitrogens is 2. The van der Waals surface area contributed by atoms with Gasteiger partial charge in [0.1, 0.15) is 5.75 Å². The molecular formula is C26H18N4O. The highest BCUT2D eigenvalue weighted by atomic mass is 16.3. The summed E-state index contributed by atoms with van der Waals surface area (Å²) in [5.74, 6) is 0.243. The molecule has 3 aromatic heterocycles. The molecule has 1 aromatic carbocycles. The monoisotopic (exact) mass is 402 g/mol. The van der Waals surface area contributed by atoms with E-state index >= 15 is 0 Å². The van der Waals surface area contributed by atoms with Crippen molar-refractivity contribution in [1.82, 2.24) is 19.9 Å². The van der Waals surface area contributed by atoms with Crippen LogP contribution in [-0.4, -0.2) is 25.0 Å². The molecule has 148 valence electrons. The zero-order valence-corrected chi connectivity index (χ0v) is 16.5. The number of nitrogens with zero attached hydrogens (tertiary/aromatic N) is 2. The number of fused-ring (bicyclic) bond motifs is 8. The van der Waals surface area contributed by atoms with E-state index in [4.69, 9.17) is 4.98 Å². The third-order valence-corrected chi connectivity index (χ3v) is 5.36. The lowest BCUT2D eigenvalue weighted by Gasteiger charge is -2.01. The molecule has 5 nitrogen and oxygen atoms in total. The maximum absolute atomic E-state index is 10.4. The van der Waals surface area contributed by atoms with Gasteiger partial charge in [0.15, 0.2) is 0 Å². The van der Waals surface area contributed by atoms with Crippen molar-refractivity contribution in [2.75, 3.05) is 0 Å². The first-order valence-electron chi connectivity index (χ1n) is 10.1. The summed E-state index contributed by atoms with van der Waals surface area (Å²) in [5.41, 5.74) is 8.92. The highest BCUT2D eigenvalue weighted by molar-refractivity contribution is 5.89. The second-order valence-electron chi connectivity index (χ2n) is 7.61. The lowest BCUT2D eigenvalue weighted by Crippen LogP contribution is -1.79. The van der Waals surface area contributed by atoms with Crippen LogP contribution in [0.3, 0.4) is 0 Å². The van der Waals surface area contributed by atoms with Crippen molar-refractivity contribution >= 4 is 46.4 Å². The molecule has 4 aromatic rings. The number of phenols is 1. The molecule has 31 heavy (non-hydrogen) atoms. The highest BCUT2D eigenvalue weighted by Gasteiger charge is 2.09. The topological polar surface area (TPSA) is 77.6 Å². The summed E-state index contributed by atoms with van der Waals surface area (Å²) in [6.07, 6.45) is 7.95. The molecule has 0 radical (unpaired) electrons. The average Bonchev–Trinajstić information content (AvgIpc) is 3.53. The normalized spacial score (nSPS) is 12.4. The van der Waals surface area contributed by atoms with Crippen molar-refractivity contribution in [3.8, 4) is 16.9 Å². The number of aromatic hydroxyl groups is 1. The summed E-state index contributed by atoms with van der Waals surface area (Å²) < 4.78 is 0. The summed E-state index contributed by atoms with van der Waals surface area (Å²) in [7, 11) is 0. The number of hydrogen-bond acceptors (Lipinski definition) is 3. The van der Waals surface area contributed by atoms with Gasteiger partial charge in [0.05, 0.1) is 22.8 Å². The minimum absolute atomic E-state index is 0.243. The van der Waals surface area contributed by atoms with Crippen LogP contribution in [0.5, 0.6) is 5.75 Å². The summed E-state index contributed by atoms with van der Waals surface area (Å²) >= 11 is 0. The fraction of sp³-hybridized carbons (Fsp3) is 0. The van der Waals surface area contributed by atoms with E-state index in [1.807, 2.05) is 85.0 Å². The fourth-order valence-corrected chi connectivity index (χ4v) is 3.94. The van der Waals surface area contributed by atoms with Gasteiger partial charge in [0.25, 0.3) is 0 Å². The summed E-state index contributed by atoms with van der Waals surface area (Å²) in [6, 6.07) is 21.5. The zero-order chi connectivity index (χ0) is 20.8. The largest absolute Gasteiger partial charge is 0.507 e. The van der Waals surface area contributed by atoms with E-state index in [0.29, 0.717) is 0 Å². The number of aromatic nitrogens is 4.